The monoisotopic (exact) mass is 167 g/mol. The maximum Gasteiger partial charge on any atom is 0.244 e. The minimum Gasteiger partial charge on any atom is -0.345 e. The van der Waals surface area contributed by atoms with E-state index in [0.717, 1.165) is 12.2 Å². The van der Waals surface area contributed by atoms with Crippen LogP contribution in [0.2, 0.25) is 0 Å². The van der Waals surface area contributed by atoms with E-state index in [1.165, 1.54) is 4.91 Å². The highest BCUT2D eigenvalue weighted by atomic mass is 32.2. The third kappa shape index (κ3) is 1.33. The quantitative estimate of drug-likeness (QED) is 0.584. The molecule has 0 spiro atoms. The number of allylic oxidation sites excluding steroid dienone is 2. The van der Waals surface area contributed by atoms with E-state index in [9.17, 15) is 4.79 Å². The summed E-state index contributed by atoms with van der Waals surface area (Å²) in [5.41, 5.74) is 0. The van der Waals surface area contributed by atoms with Gasteiger partial charge in [0.2, 0.25) is 5.91 Å². The van der Waals surface area contributed by atoms with Crippen molar-refractivity contribution in [2.75, 3.05) is 5.75 Å². The SMILES string of the molecule is O=C1C=CC=C2SCCC2N1. The van der Waals surface area contributed by atoms with Gasteiger partial charge in [-0.25, -0.2) is 0 Å². The van der Waals surface area contributed by atoms with Crippen molar-refractivity contribution < 1.29 is 4.79 Å². The van der Waals surface area contributed by atoms with E-state index in [4.69, 9.17) is 0 Å². The maximum absolute atomic E-state index is 11.0. The van der Waals surface area contributed by atoms with Gasteiger partial charge >= 0.3 is 0 Å². The molecule has 0 radical (unpaired) electrons. The molecule has 0 saturated carbocycles. The molecule has 1 atom stereocenters. The topological polar surface area (TPSA) is 29.1 Å². The molecule has 0 aromatic carbocycles. The molecule has 2 heterocycles. The van der Waals surface area contributed by atoms with Gasteiger partial charge in [0.1, 0.15) is 0 Å². The lowest BCUT2D eigenvalue weighted by Crippen LogP contribution is -2.31. The fraction of sp³-hybridized carbons (Fsp3) is 0.375. The van der Waals surface area contributed by atoms with E-state index in [0.29, 0.717) is 6.04 Å². The summed E-state index contributed by atoms with van der Waals surface area (Å²) in [4.78, 5) is 12.3. The fourth-order valence-electron chi connectivity index (χ4n) is 1.30. The lowest BCUT2D eigenvalue weighted by atomic mass is 10.2. The number of hydrogen-bond acceptors (Lipinski definition) is 2. The summed E-state index contributed by atoms with van der Waals surface area (Å²) in [6, 6.07) is 0.294. The van der Waals surface area contributed by atoms with Gasteiger partial charge in [0.05, 0.1) is 6.04 Å². The molecule has 58 valence electrons. The molecule has 1 fully saturated rings. The van der Waals surface area contributed by atoms with Gasteiger partial charge in [0.25, 0.3) is 0 Å². The van der Waals surface area contributed by atoms with Crippen molar-refractivity contribution in [1.82, 2.24) is 5.32 Å². The van der Waals surface area contributed by atoms with Gasteiger partial charge in [-0.15, -0.1) is 11.8 Å². The zero-order valence-electron chi connectivity index (χ0n) is 6.04. The Balaban J connectivity index is 2.23. The average molecular weight is 167 g/mol. The first-order valence-electron chi connectivity index (χ1n) is 3.68. The zero-order valence-corrected chi connectivity index (χ0v) is 6.86. The van der Waals surface area contributed by atoms with Crippen molar-refractivity contribution in [2.45, 2.75) is 12.5 Å². The molecule has 0 aromatic heterocycles. The predicted molar refractivity (Wildman–Crippen MR) is 46.2 cm³/mol. The molecular weight excluding hydrogens is 158 g/mol. The van der Waals surface area contributed by atoms with Gasteiger partial charge in [-0.1, -0.05) is 12.2 Å². The molecule has 1 saturated heterocycles. The summed E-state index contributed by atoms with van der Waals surface area (Å²) in [5.74, 6) is 1.16. The third-order valence-corrected chi connectivity index (χ3v) is 3.04. The van der Waals surface area contributed by atoms with E-state index >= 15 is 0 Å². The van der Waals surface area contributed by atoms with Crippen LogP contribution in [0.25, 0.3) is 0 Å². The van der Waals surface area contributed by atoms with Crippen LogP contribution in [0.15, 0.2) is 23.1 Å². The Morgan fingerprint density at radius 3 is 3.45 bits per heavy atom. The first-order chi connectivity index (χ1) is 5.36. The van der Waals surface area contributed by atoms with Gasteiger partial charge in [-0.05, 0) is 6.42 Å². The Labute approximate surface area is 69.7 Å². The van der Waals surface area contributed by atoms with Crippen molar-refractivity contribution in [3.63, 3.8) is 0 Å². The molecule has 2 aliphatic rings. The second-order valence-electron chi connectivity index (χ2n) is 2.63. The van der Waals surface area contributed by atoms with Crippen LogP contribution in [-0.2, 0) is 4.79 Å². The Morgan fingerprint density at radius 1 is 1.64 bits per heavy atom. The summed E-state index contributed by atoms with van der Waals surface area (Å²) < 4.78 is 0. The minimum atomic E-state index is 0.0313. The fourth-order valence-corrected chi connectivity index (χ4v) is 2.44. The van der Waals surface area contributed by atoms with Crippen molar-refractivity contribution >= 4 is 17.7 Å². The van der Waals surface area contributed by atoms with Crippen LogP contribution in [0, 0.1) is 0 Å². The molecular formula is C8H9NOS. The smallest absolute Gasteiger partial charge is 0.244 e. The molecule has 0 aromatic rings. The molecule has 3 heteroatoms. The van der Waals surface area contributed by atoms with Crippen LogP contribution < -0.4 is 5.32 Å². The Hall–Kier alpha value is -0.700. The van der Waals surface area contributed by atoms with Crippen LogP contribution >= 0.6 is 11.8 Å². The summed E-state index contributed by atoms with van der Waals surface area (Å²) >= 11 is 1.84. The summed E-state index contributed by atoms with van der Waals surface area (Å²) in [6.45, 7) is 0. The lowest BCUT2D eigenvalue weighted by Gasteiger charge is -2.09. The van der Waals surface area contributed by atoms with Crippen LogP contribution in [0.5, 0.6) is 0 Å². The highest BCUT2D eigenvalue weighted by Gasteiger charge is 2.23. The summed E-state index contributed by atoms with van der Waals surface area (Å²) in [6.07, 6.45) is 6.50. The minimum absolute atomic E-state index is 0.0313. The second kappa shape index (κ2) is 2.74. The molecule has 2 rings (SSSR count). The van der Waals surface area contributed by atoms with E-state index in [1.807, 2.05) is 23.9 Å². The highest BCUT2D eigenvalue weighted by Crippen LogP contribution is 2.31. The van der Waals surface area contributed by atoms with E-state index in [-0.39, 0.29) is 5.91 Å². The zero-order chi connectivity index (χ0) is 7.68. The number of carbonyl (C=O) groups excluding carboxylic acids is 1. The number of fused-ring (bicyclic) bond motifs is 1. The highest BCUT2D eigenvalue weighted by molar-refractivity contribution is 8.03. The largest absolute Gasteiger partial charge is 0.345 e. The van der Waals surface area contributed by atoms with Crippen LogP contribution in [0.1, 0.15) is 6.42 Å². The van der Waals surface area contributed by atoms with E-state index < -0.39 is 0 Å². The summed E-state index contributed by atoms with van der Waals surface area (Å²) in [5, 5.41) is 2.93. The molecule has 11 heavy (non-hydrogen) atoms. The van der Waals surface area contributed by atoms with Gasteiger partial charge in [0.15, 0.2) is 0 Å². The maximum atomic E-state index is 11.0. The van der Waals surface area contributed by atoms with Crippen molar-refractivity contribution in [1.29, 1.82) is 0 Å². The van der Waals surface area contributed by atoms with E-state index in [2.05, 4.69) is 5.32 Å². The first kappa shape index (κ1) is 6.98. The molecule has 1 N–H and O–H groups in total. The normalized spacial score (nSPS) is 28.9. The average Bonchev–Trinajstić information content (AvgIpc) is 2.31. The standard InChI is InChI=1S/C8H9NOS/c10-8-3-1-2-7-6(9-8)4-5-11-7/h1-3,6H,4-5H2,(H,9,10). The number of hydrogen-bond donors (Lipinski definition) is 1. The number of nitrogens with one attached hydrogen (secondary N) is 1. The number of thioether (sulfide) groups is 1. The number of rotatable bonds is 0. The van der Waals surface area contributed by atoms with Crippen LogP contribution in [-0.4, -0.2) is 17.7 Å². The van der Waals surface area contributed by atoms with Gasteiger partial charge in [-0.2, -0.15) is 0 Å². The molecule has 2 aliphatic heterocycles. The van der Waals surface area contributed by atoms with Crippen molar-refractivity contribution in [2.24, 2.45) is 0 Å². The molecule has 1 unspecified atom stereocenters. The number of amides is 1. The van der Waals surface area contributed by atoms with Crippen LogP contribution in [0.4, 0.5) is 0 Å². The first-order valence-corrected chi connectivity index (χ1v) is 4.66. The molecule has 2 nitrogen and oxygen atoms in total. The predicted octanol–water partition coefficient (Wildman–Crippen LogP) is 1.06. The van der Waals surface area contributed by atoms with Gasteiger partial charge < -0.3 is 5.32 Å². The number of carbonyl (C=O) groups is 1. The Morgan fingerprint density at radius 2 is 2.55 bits per heavy atom. The van der Waals surface area contributed by atoms with Gasteiger partial charge in [-0.3, -0.25) is 4.79 Å². The molecule has 0 bridgehead atoms. The Bertz CT molecular complexity index is 244. The summed E-state index contributed by atoms with van der Waals surface area (Å²) in [7, 11) is 0. The van der Waals surface area contributed by atoms with Gasteiger partial charge in [0, 0.05) is 16.7 Å². The van der Waals surface area contributed by atoms with Crippen molar-refractivity contribution in [3.05, 3.63) is 23.1 Å². The molecule has 0 aliphatic carbocycles. The third-order valence-electron chi connectivity index (χ3n) is 1.84. The molecule has 1 amide bonds. The Kier molecular flexibility index (Phi) is 1.74. The van der Waals surface area contributed by atoms with Crippen molar-refractivity contribution in [3.8, 4) is 0 Å². The van der Waals surface area contributed by atoms with Crippen LogP contribution in [0.3, 0.4) is 0 Å². The van der Waals surface area contributed by atoms with E-state index in [1.54, 1.807) is 6.08 Å². The lowest BCUT2D eigenvalue weighted by molar-refractivity contribution is -0.116. The second-order valence-corrected chi connectivity index (χ2v) is 3.79.